The maximum Gasteiger partial charge on any atom is 0.204 e. The fraction of sp³-hybridized carbons (Fsp3) is 0.235. The summed E-state index contributed by atoms with van der Waals surface area (Å²) in [5.74, 6) is 0.638. The Morgan fingerprint density at radius 3 is 2.88 bits per heavy atom. The predicted molar refractivity (Wildman–Crippen MR) is 90.1 cm³/mol. The van der Waals surface area contributed by atoms with Gasteiger partial charge in [0.25, 0.3) is 0 Å². The molecule has 0 bridgehead atoms. The van der Waals surface area contributed by atoms with Crippen molar-refractivity contribution in [3.63, 3.8) is 0 Å². The number of fused-ring (bicyclic) bond motifs is 1. The van der Waals surface area contributed by atoms with E-state index in [9.17, 15) is 0 Å². The normalized spacial score (nSPS) is 11.2. The van der Waals surface area contributed by atoms with Crippen LogP contribution in [0.15, 0.2) is 48.8 Å². The van der Waals surface area contributed by atoms with Crippen LogP contribution in [0.4, 0.5) is 0 Å². The van der Waals surface area contributed by atoms with Crippen LogP contribution in [-0.4, -0.2) is 34.8 Å². The van der Waals surface area contributed by atoms with Crippen molar-refractivity contribution in [2.24, 2.45) is 0 Å². The van der Waals surface area contributed by atoms with Crippen LogP contribution in [0.2, 0.25) is 0 Å². The Balaban J connectivity index is 1.71. The molecule has 0 unspecified atom stereocenters. The lowest BCUT2D eigenvalue weighted by molar-refractivity contribution is 0.496. The van der Waals surface area contributed by atoms with Crippen LogP contribution in [0.1, 0.15) is 19.8 Å². The number of tetrazole rings is 1. The smallest absolute Gasteiger partial charge is 0.204 e. The zero-order valence-corrected chi connectivity index (χ0v) is 13.4. The Morgan fingerprint density at radius 1 is 1.04 bits per heavy atom. The van der Waals surface area contributed by atoms with Crippen LogP contribution in [0.3, 0.4) is 0 Å². The number of benzene rings is 1. The molecule has 1 aromatic carbocycles. The second kappa shape index (κ2) is 6.19. The number of rotatable bonds is 5. The van der Waals surface area contributed by atoms with Crippen molar-refractivity contribution in [2.75, 3.05) is 0 Å². The van der Waals surface area contributed by atoms with E-state index in [-0.39, 0.29) is 0 Å². The van der Waals surface area contributed by atoms with Gasteiger partial charge in [-0.3, -0.25) is 0 Å². The standard InChI is InChI=1S/C17H17N7/c1-2-3-11-23-21-17(20-22-23)14-6-4-5-13(12-14)15-7-9-18-16-8-10-19-24(15)16/h4-10,12H,2-3,11H2,1H3. The zero-order chi connectivity index (χ0) is 16.4. The van der Waals surface area contributed by atoms with Gasteiger partial charge in [-0.2, -0.15) is 9.90 Å². The highest BCUT2D eigenvalue weighted by Crippen LogP contribution is 2.24. The van der Waals surface area contributed by atoms with Crippen LogP contribution >= 0.6 is 0 Å². The summed E-state index contributed by atoms with van der Waals surface area (Å²) in [7, 11) is 0. The quantitative estimate of drug-likeness (QED) is 0.565. The van der Waals surface area contributed by atoms with E-state index in [0.29, 0.717) is 5.82 Å². The van der Waals surface area contributed by atoms with Gasteiger partial charge in [-0.05, 0) is 23.8 Å². The van der Waals surface area contributed by atoms with Crippen molar-refractivity contribution in [2.45, 2.75) is 26.3 Å². The summed E-state index contributed by atoms with van der Waals surface area (Å²) < 4.78 is 1.82. The van der Waals surface area contributed by atoms with Crippen molar-refractivity contribution in [3.05, 3.63) is 48.8 Å². The van der Waals surface area contributed by atoms with Gasteiger partial charge in [0, 0.05) is 23.4 Å². The average molecular weight is 319 g/mol. The lowest BCUT2D eigenvalue weighted by Crippen LogP contribution is -2.02. The van der Waals surface area contributed by atoms with Crippen LogP contribution in [0.5, 0.6) is 0 Å². The highest BCUT2D eigenvalue weighted by molar-refractivity contribution is 5.69. The zero-order valence-electron chi connectivity index (χ0n) is 13.4. The molecule has 120 valence electrons. The van der Waals surface area contributed by atoms with E-state index >= 15 is 0 Å². The van der Waals surface area contributed by atoms with Gasteiger partial charge < -0.3 is 0 Å². The minimum atomic E-state index is 0.638. The van der Waals surface area contributed by atoms with E-state index in [1.165, 1.54) is 0 Å². The highest BCUT2D eigenvalue weighted by Gasteiger charge is 2.09. The van der Waals surface area contributed by atoms with E-state index in [2.05, 4.69) is 38.5 Å². The third kappa shape index (κ3) is 2.64. The maximum atomic E-state index is 4.46. The van der Waals surface area contributed by atoms with Crippen molar-refractivity contribution in [3.8, 4) is 22.6 Å². The average Bonchev–Trinajstić information content (AvgIpc) is 3.29. The largest absolute Gasteiger partial charge is 0.237 e. The second-order valence-corrected chi connectivity index (χ2v) is 5.57. The molecule has 0 aliphatic rings. The predicted octanol–water partition coefficient (Wildman–Crippen LogP) is 2.85. The number of hydrogen-bond acceptors (Lipinski definition) is 5. The Morgan fingerprint density at radius 2 is 1.96 bits per heavy atom. The van der Waals surface area contributed by atoms with Crippen molar-refractivity contribution < 1.29 is 0 Å². The summed E-state index contributed by atoms with van der Waals surface area (Å²) in [4.78, 5) is 5.96. The molecular formula is C17H17N7. The van der Waals surface area contributed by atoms with Crippen molar-refractivity contribution in [1.29, 1.82) is 0 Å². The highest BCUT2D eigenvalue weighted by atomic mass is 15.6. The molecule has 0 N–H and O–H groups in total. The molecule has 0 saturated carbocycles. The van der Waals surface area contributed by atoms with Gasteiger partial charge in [0.1, 0.15) is 0 Å². The molecule has 0 spiro atoms. The molecule has 0 saturated heterocycles. The minimum absolute atomic E-state index is 0.638. The molecule has 4 rings (SSSR count). The number of hydrogen-bond donors (Lipinski definition) is 0. The van der Waals surface area contributed by atoms with Gasteiger partial charge in [0.2, 0.25) is 5.82 Å². The summed E-state index contributed by atoms with van der Waals surface area (Å²) >= 11 is 0. The topological polar surface area (TPSA) is 73.8 Å². The molecular weight excluding hydrogens is 302 g/mol. The van der Waals surface area contributed by atoms with E-state index in [0.717, 1.165) is 41.9 Å². The fourth-order valence-corrected chi connectivity index (χ4v) is 2.62. The lowest BCUT2D eigenvalue weighted by atomic mass is 10.1. The maximum absolute atomic E-state index is 4.46. The summed E-state index contributed by atoms with van der Waals surface area (Å²) in [6.45, 7) is 2.94. The Labute approximate surface area is 139 Å². The number of aryl methyl sites for hydroxylation is 1. The number of nitrogens with zero attached hydrogens (tertiary/aromatic N) is 7. The number of unbranched alkanes of at least 4 members (excludes halogenated alkanes) is 1. The molecule has 0 amide bonds. The van der Waals surface area contributed by atoms with Gasteiger partial charge in [0.15, 0.2) is 5.65 Å². The Hall–Kier alpha value is -3.09. The Kier molecular flexibility index (Phi) is 3.74. The van der Waals surface area contributed by atoms with Gasteiger partial charge in [-0.15, -0.1) is 10.2 Å². The molecule has 4 aromatic rings. The van der Waals surface area contributed by atoms with Crippen molar-refractivity contribution >= 4 is 5.65 Å². The summed E-state index contributed by atoms with van der Waals surface area (Å²) in [5.41, 5.74) is 3.77. The minimum Gasteiger partial charge on any atom is -0.237 e. The summed E-state index contributed by atoms with van der Waals surface area (Å²) in [6, 6.07) is 11.9. The van der Waals surface area contributed by atoms with Crippen LogP contribution < -0.4 is 0 Å². The third-order valence-electron chi connectivity index (χ3n) is 3.87. The first-order chi connectivity index (χ1) is 11.8. The van der Waals surface area contributed by atoms with Crippen LogP contribution in [-0.2, 0) is 6.54 Å². The molecule has 7 heteroatoms. The molecule has 3 heterocycles. The van der Waals surface area contributed by atoms with Gasteiger partial charge in [0.05, 0.1) is 18.4 Å². The number of aromatic nitrogens is 7. The van der Waals surface area contributed by atoms with Gasteiger partial charge in [-0.25, -0.2) is 9.50 Å². The molecule has 24 heavy (non-hydrogen) atoms. The first kappa shape index (κ1) is 14.5. The fourth-order valence-electron chi connectivity index (χ4n) is 2.62. The monoisotopic (exact) mass is 319 g/mol. The molecule has 3 aromatic heterocycles. The summed E-state index contributed by atoms with van der Waals surface area (Å²) in [5, 5.41) is 17.1. The van der Waals surface area contributed by atoms with Crippen molar-refractivity contribution in [1.82, 2.24) is 34.8 Å². The molecule has 0 aliphatic carbocycles. The molecule has 0 aliphatic heterocycles. The van der Waals surface area contributed by atoms with E-state index in [1.54, 1.807) is 17.2 Å². The first-order valence-electron chi connectivity index (χ1n) is 8.02. The second-order valence-electron chi connectivity index (χ2n) is 5.57. The molecule has 0 radical (unpaired) electrons. The molecule has 0 fully saturated rings. The van der Waals surface area contributed by atoms with Crippen LogP contribution in [0, 0.1) is 0 Å². The van der Waals surface area contributed by atoms with Gasteiger partial charge >= 0.3 is 0 Å². The summed E-state index contributed by atoms with van der Waals surface area (Å²) in [6.07, 6.45) is 5.69. The van der Waals surface area contributed by atoms with E-state index in [4.69, 9.17) is 0 Å². The first-order valence-corrected chi connectivity index (χ1v) is 8.02. The third-order valence-corrected chi connectivity index (χ3v) is 3.87. The molecule has 7 nitrogen and oxygen atoms in total. The van der Waals surface area contributed by atoms with Gasteiger partial charge in [-0.1, -0.05) is 31.5 Å². The van der Waals surface area contributed by atoms with E-state index < -0.39 is 0 Å². The lowest BCUT2D eigenvalue weighted by Gasteiger charge is -2.05. The Bertz CT molecular complexity index is 970. The van der Waals surface area contributed by atoms with E-state index in [1.807, 2.05) is 34.8 Å². The molecule has 0 atom stereocenters. The SMILES string of the molecule is CCCCn1nnc(-c2cccc(-c3ccnc4ccnn34)c2)n1. The van der Waals surface area contributed by atoms with Crippen LogP contribution in [0.25, 0.3) is 28.3 Å².